The molecule has 8 heteroatoms. The predicted octanol–water partition coefficient (Wildman–Crippen LogP) is 3.24. The summed E-state index contributed by atoms with van der Waals surface area (Å²) < 4.78 is 4.97. The summed E-state index contributed by atoms with van der Waals surface area (Å²) in [7, 11) is 0. The van der Waals surface area contributed by atoms with Crippen molar-refractivity contribution in [1.29, 1.82) is 5.26 Å². The molecule has 2 heterocycles. The highest BCUT2D eigenvalue weighted by atomic mass is 32.1. The van der Waals surface area contributed by atoms with E-state index < -0.39 is 6.09 Å². The minimum absolute atomic E-state index is 0.0447. The minimum Gasteiger partial charge on any atom is -0.447 e. The molecule has 2 aromatic rings. The largest absolute Gasteiger partial charge is 0.447 e. The number of nitrogens with one attached hydrogen (secondary N) is 1. The molecular formula is C21H23N3O4S. The molecule has 1 aromatic carbocycles. The first kappa shape index (κ1) is 20.8. The van der Waals surface area contributed by atoms with E-state index in [1.54, 1.807) is 4.90 Å². The molecule has 152 valence electrons. The number of hydrogen-bond acceptors (Lipinski definition) is 6. The highest BCUT2D eigenvalue weighted by Gasteiger charge is 2.28. The average Bonchev–Trinajstić information content (AvgIpc) is 3.08. The van der Waals surface area contributed by atoms with Crippen LogP contribution in [0, 0.1) is 11.3 Å². The summed E-state index contributed by atoms with van der Waals surface area (Å²) in [6.45, 7) is 2.49. The van der Waals surface area contributed by atoms with Crippen LogP contribution >= 0.6 is 11.3 Å². The number of aliphatic hydroxyl groups excluding tert-OH is 1. The van der Waals surface area contributed by atoms with E-state index in [4.69, 9.17) is 9.84 Å². The van der Waals surface area contributed by atoms with Crippen LogP contribution in [-0.4, -0.2) is 41.8 Å². The van der Waals surface area contributed by atoms with Crippen LogP contribution in [-0.2, 0) is 22.5 Å². The first-order chi connectivity index (χ1) is 14.0. The molecule has 1 aliphatic rings. The highest BCUT2D eigenvalue weighted by molar-refractivity contribution is 7.16. The Labute approximate surface area is 173 Å². The first-order valence-corrected chi connectivity index (χ1v) is 10.3. The van der Waals surface area contributed by atoms with Gasteiger partial charge >= 0.3 is 6.09 Å². The number of nitrogens with zero attached hydrogens (tertiary/aromatic N) is 2. The van der Waals surface area contributed by atoms with E-state index in [1.807, 2.05) is 37.3 Å². The van der Waals surface area contributed by atoms with Crippen molar-refractivity contribution >= 4 is 28.3 Å². The Morgan fingerprint density at radius 3 is 2.83 bits per heavy atom. The quantitative estimate of drug-likeness (QED) is 0.757. The second-order valence-electron chi connectivity index (χ2n) is 6.89. The molecule has 0 saturated heterocycles. The van der Waals surface area contributed by atoms with Crippen LogP contribution in [0.1, 0.15) is 40.8 Å². The summed E-state index contributed by atoms with van der Waals surface area (Å²) in [5, 5.41) is 21.8. The summed E-state index contributed by atoms with van der Waals surface area (Å²) in [4.78, 5) is 27.0. The lowest BCUT2D eigenvalue weighted by Gasteiger charge is -2.26. The van der Waals surface area contributed by atoms with Crippen molar-refractivity contribution in [3.63, 3.8) is 0 Å². The molecule has 1 unspecified atom stereocenters. The number of fused-ring (bicyclic) bond motifs is 1. The molecule has 3 rings (SSSR count). The number of aliphatic hydroxyl groups is 1. The van der Waals surface area contributed by atoms with E-state index in [-0.39, 0.29) is 25.0 Å². The standard InChI is InChI=1S/C21H23N3O4S/c1-14(15-5-3-2-4-6-15)11-19(26)23-20-17(12-22)16-7-8-24(13-18(16)29-20)21(27)28-10-9-25/h2-6,14,25H,7-11,13H2,1H3,(H,23,26). The zero-order valence-electron chi connectivity index (χ0n) is 16.2. The third-order valence-corrected chi connectivity index (χ3v) is 5.99. The summed E-state index contributed by atoms with van der Waals surface area (Å²) in [5.41, 5.74) is 2.45. The van der Waals surface area contributed by atoms with Crippen LogP contribution in [0.2, 0.25) is 0 Å². The maximum Gasteiger partial charge on any atom is 0.410 e. The van der Waals surface area contributed by atoms with Gasteiger partial charge in [-0.2, -0.15) is 5.26 Å². The second kappa shape index (κ2) is 9.54. The lowest BCUT2D eigenvalue weighted by Crippen LogP contribution is -2.36. The van der Waals surface area contributed by atoms with Crippen LogP contribution in [0.4, 0.5) is 9.80 Å². The van der Waals surface area contributed by atoms with E-state index in [9.17, 15) is 14.9 Å². The maximum absolute atomic E-state index is 12.5. The van der Waals surface area contributed by atoms with E-state index in [2.05, 4.69) is 11.4 Å². The number of hydrogen-bond donors (Lipinski definition) is 2. The van der Waals surface area contributed by atoms with Crippen molar-refractivity contribution in [2.45, 2.75) is 32.2 Å². The Kier molecular flexibility index (Phi) is 6.86. The molecular weight excluding hydrogens is 390 g/mol. The molecule has 0 saturated carbocycles. The monoisotopic (exact) mass is 413 g/mol. The highest BCUT2D eigenvalue weighted by Crippen LogP contribution is 2.37. The van der Waals surface area contributed by atoms with Crippen molar-refractivity contribution in [3.8, 4) is 6.07 Å². The van der Waals surface area contributed by atoms with Crippen molar-refractivity contribution in [3.05, 3.63) is 51.9 Å². The Hall–Kier alpha value is -2.89. The average molecular weight is 413 g/mol. The normalized spacial score (nSPS) is 13.9. The number of anilines is 1. The topological polar surface area (TPSA) is 103 Å². The molecule has 1 atom stereocenters. The van der Waals surface area contributed by atoms with E-state index in [0.717, 1.165) is 16.0 Å². The fraction of sp³-hybridized carbons (Fsp3) is 0.381. The lowest BCUT2D eigenvalue weighted by atomic mass is 9.97. The molecule has 0 bridgehead atoms. The van der Waals surface area contributed by atoms with Gasteiger partial charge in [0.25, 0.3) is 0 Å². The summed E-state index contributed by atoms with van der Waals surface area (Å²) in [6.07, 6.45) is 0.356. The molecule has 0 radical (unpaired) electrons. The number of thiophene rings is 1. The molecule has 0 aliphatic carbocycles. The van der Waals surface area contributed by atoms with Crippen LogP contribution in [0.25, 0.3) is 0 Å². The van der Waals surface area contributed by atoms with Gasteiger partial charge in [0.15, 0.2) is 0 Å². The fourth-order valence-electron chi connectivity index (χ4n) is 3.35. The van der Waals surface area contributed by atoms with Crippen molar-refractivity contribution < 1.29 is 19.4 Å². The van der Waals surface area contributed by atoms with Gasteiger partial charge in [0.2, 0.25) is 5.91 Å². The molecule has 0 fully saturated rings. The number of nitriles is 1. The van der Waals surface area contributed by atoms with Crippen LogP contribution in [0.5, 0.6) is 0 Å². The van der Waals surface area contributed by atoms with Gasteiger partial charge in [-0.15, -0.1) is 11.3 Å². The third-order valence-electron chi connectivity index (χ3n) is 4.86. The first-order valence-electron chi connectivity index (χ1n) is 9.45. The van der Waals surface area contributed by atoms with Gasteiger partial charge in [0.05, 0.1) is 18.7 Å². The number of ether oxygens (including phenoxy) is 1. The predicted molar refractivity (Wildman–Crippen MR) is 110 cm³/mol. The second-order valence-corrected chi connectivity index (χ2v) is 8.00. The number of amides is 2. The molecule has 29 heavy (non-hydrogen) atoms. The maximum atomic E-state index is 12.5. The zero-order valence-corrected chi connectivity index (χ0v) is 17.0. The van der Waals surface area contributed by atoms with E-state index >= 15 is 0 Å². The SMILES string of the molecule is CC(CC(=O)Nc1sc2c(c1C#N)CCN(C(=O)OCCO)C2)c1ccccc1. The Morgan fingerprint density at radius 1 is 1.38 bits per heavy atom. The van der Waals surface area contributed by atoms with Gasteiger partial charge in [-0.05, 0) is 23.5 Å². The van der Waals surface area contributed by atoms with Crippen LogP contribution in [0.15, 0.2) is 30.3 Å². The van der Waals surface area contributed by atoms with Crippen molar-refractivity contribution in [2.75, 3.05) is 25.1 Å². The van der Waals surface area contributed by atoms with Gasteiger partial charge in [-0.3, -0.25) is 4.79 Å². The lowest BCUT2D eigenvalue weighted by molar-refractivity contribution is -0.116. The molecule has 2 amide bonds. The Balaban J connectivity index is 1.68. The number of rotatable bonds is 6. The molecule has 1 aliphatic heterocycles. The number of carbonyl (C=O) groups is 2. The smallest absolute Gasteiger partial charge is 0.410 e. The molecule has 0 spiro atoms. The Bertz CT molecular complexity index is 920. The van der Waals surface area contributed by atoms with Gasteiger partial charge in [0.1, 0.15) is 17.7 Å². The Morgan fingerprint density at radius 2 is 2.14 bits per heavy atom. The van der Waals surface area contributed by atoms with Crippen molar-refractivity contribution in [1.82, 2.24) is 4.90 Å². The van der Waals surface area contributed by atoms with Crippen LogP contribution < -0.4 is 5.32 Å². The zero-order chi connectivity index (χ0) is 20.8. The van der Waals surface area contributed by atoms with Gasteiger partial charge < -0.3 is 20.1 Å². The van der Waals surface area contributed by atoms with E-state index in [1.165, 1.54) is 11.3 Å². The third kappa shape index (κ3) is 4.94. The van der Waals surface area contributed by atoms with Gasteiger partial charge in [0, 0.05) is 17.8 Å². The number of benzene rings is 1. The molecule has 2 N–H and O–H groups in total. The molecule has 1 aromatic heterocycles. The molecule has 7 nitrogen and oxygen atoms in total. The van der Waals surface area contributed by atoms with Crippen LogP contribution in [0.3, 0.4) is 0 Å². The fourth-order valence-corrected chi connectivity index (χ4v) is 4.57. The minimum atomic E-state index is -0.487. The van der Waals surface area contributed by atoms with E-state index in [0.29, 0.717) is 36.5 Å². The summed E-state index contributed by atoms with van der Waals surface area (Å²) in [6, 6.07) is 12.0. The summed E-state index contributed by atoms with van der Waals surface area (Å²) in [5.74, 6) is -0.0798. The van der Waals surface area contributed by atoms with Gasteiger partial charge in [-0.1, -0.05) is 37.3 Å². The number of carbonyl (C=O) groups excluding carboxylic acids is 2. The van der Waals surface area contributed by atoms with Gasteiger partial charge in [-0.25, -0.2) is 4.79 Å². The van der Waals surface area contributed by atoms with Crippen molar-refractivity contribution in [2.24, 2.45) is 0 Å². The summed E-state index contributed by atoms with van der Waals surface area (Å²) >= 11 is 1.33.